The highest BCUT2D eigenvalue weighted by atomic mass is 15.2. The Kier molecular flexibility index (Phi) is 4.38. The maximum Gasteiger partial charge on any atom is 0.0271 e. The summed E-state index contributed by atoms with van der Waals surface area (Å²) >= 11 is 0. The number of likely N-dealkylation sites (N-methyl/N-ethyl adjacent to an activating group) is 1. The quantitative estimate of drug-likeness (QED) is 0.812. The normalized spacial score (nSPS) is 41.8. The van der Waals surface area contributed by atoms with E-state index in [1.807, 2.05) is 0 Å². The summed E-state index contributed by atoms with van der Waals surface area (Å²) in [6.45, 7) is 12.3. The predicted molar refractivity (Wildman–Crippen MR) is 78.8 cm³/mol. The zero-order valence-corrected chi connectivity index (χ0v) is 13.0. The lowest BCUT2D eigenvalue weighted by molar-refractivity contribution is 0.0167. The van der Waals surface area contributed by atoms with Crippen LogP contribution in [0.4, 0.5) is 0 Å². The smallest absolute Gasteiger partial charge is 0.0271 e. The molecule has 2 heteroatoms. The molecule has 1 saturated carbocycles. The summed E-state index contributed by atoms with van der Waals surface area (Å²) in [4.78, 5) is 2.78. The maximum absolute atomic E-state index is 3.63. The van der Waals surface area contributed by atoms with Crippen molar-refractivity contribution in [2.75, 3.05) is 20.1 Å². The number of hydrogen-bond donors (Lipinski definition) is 1. The van der Waals surface area contributed by atoms with Crippen LogP contribution in [0.2, 0.25) is 0 Å². The third-order valence-corrected chi connectivity index (χ3v) is 5.69. The molecule has 1 aliphatic carbocycles. The van der Waals surface area contributed by atoms with Gasteiger partial charge in [-0.25, -0.2) is 0 Å². The molecular weight excluding hydrogens is 220 g/mol. The molecule has 106 valence electrons. The van der Waals surface area contributed by atoms with Crippen LogP contribution in [-0.2, 0) is 0 Å². The van der Waals surface area contributed by atoms with Crippen molar-refractivity contribution in [3.63, 3.8) is 0 Å². The number of nitrogens with one attached hydrogen (secondary N) is 1. The molecular formula is C16H32N2. The fraction of sp³-hybridized carbons (Fsp3) is 1.00. The van der Waals surface area contributed by atoms with E-state index in [0.29, 0.717) is 11.5 Å². The van der Waals surface area contributed by atoms with E-state index in [4.69, 9.17) is 0 Å². The van der Waals surface area contributed by atoms with Crippen molar-refractivity contribution in [1.29, 1.82) is 0 Å². The van der Waals surface area contributed by atoms with Crippen LogP contribution in [0.3, 0.4) is 0 Å². The van der Waals surface area contributed by atoms with Gasteiger partial charge in [0.1, 0.15) is 0 Å². The topological polar surface area (TPSA) is 15.3 Å². The number of piperidine rings is 1. The van der Waals surface area contributed by atoms with Gasteiger partial charge in [0.25, 0.3) is 0 Å². The Hall–Kier alpha value is -0.0800. The molecule has 1 saturated heterocycles. The summed E-state index contributed by atoms with van der Waals surface area (Å²) in [5.41, 5.74) is 0.448. The fourth-order valence-electron chi connectivity index (χ4n) is 4.18. The molecule has 18 heavy (non-hydrogen) atoms. The number of nitrogens with zero attached hydrogens (tertiary/aromatic N) is 1. The van der Waals surface area contributed by atoms with E-state index in [1.54, 1.807) is 0 Å². The first-order chi connectivity index (χ1) is 8.45. The van der Waals surface area contributed by atoms with Gasteiger partial charge in [-0.15, -0.1) is 0 Å². The van der Waals surface area contributed by atoms with Crippen LogP contribution in [0.5, 0.6) is 0 Å². The van der Waals surface area contributed by atoms with Gasteiger partial charge in [0.15, 0.2) is 0 Å². The summed E-state index contributed by atoms with van der Waals surface area (Å²) in [5.74, 6) is 1.77. The number of hydrogen-bond acceptors (Lipinski definition) is 2. The minimum atomic E-state index is 0.448. The Balaban J connectivity index is 2.07. The van der Waals surface area contributed by atoms with Gasteiger partial charge in [0.05, 0.1) is 0 Å². The highest BCUT2D eigenvalue weighted by Crippen LogP contribution is 2.39. The third-order valence-electron chi connectivity index (χ3n) is 5.69. The van der Waals surface area contributed by atoms with Crippen LogP contribution in [-0.4, -0.2) is 37.1 Å². The second-order valence-electron chi connectivity index (χ2n) is 7.45. The summed E-state index contributed by atoms with van der Waals surface area (Å²) < 4.78 is 0. The highest BCUT2D eigenvalue weighted by Gasteiger charge is 2.41. The second kappa shape index (κ2) is 5.50. The van der Waals surface area contributed by atoms with Gasteiger partial charge in [-0.3, -0.25) is 4.90 Å². The minimum Gasteiger partial charge on any atom is -0.315 e. The average Bonchev–Trinajstić information content (AvgIpc) is 2.31. The number of rotatable bonds is 2. The molecule has 2 rings (SSSR count). The molecule has 2 fully saturated rings. The molecule has 0 amide bonds. The van der Waals surface area contributed by atoms with Gasteiger partial charge in [0.2, 0.25) is 0 Å². The molecule has 4 atom stereocenters. The van der Waals surface area contributed by atoms with E-state index in [-0.39, 0.29) is 0 Å². The third kappa shape index (κ3) is 2.75. The lowest BCUT2D eigenvalue weighted by atomic mass is 9.69. The lowest BCUT2D eigenvalue weighted by Gasteiger charge is -2.50. The first kappa shape index (κ1) is 14.3. The second-order valence-corrected chi connectivity index (χ2v) is 7.45. The van der Waals surface area contributed by atoms with Crippen molar-refractivity contribution in [2.45, 2.75) is 65.5 Å². The summed E-state index contributed by atoms with van der Waals surface area (Å²) in [6.07, 6.45) is 5.54. The molecule has 1 heterocycles. The Morgan fingerprint density at radius 3 is 2.44 bits per heavy atom. The van der Waals surface area contributed by atoms with Crippen molar-refractivity contribution >= 4 is 0 Å². The van der Waals surface area contributed by atoms with Crippen LogP contribution < -0.4 is 5.32 Å². The molecule has 0 aromatic heterocycles. The van der Waals surface area contributed by atoms with Gasteiger partial charge in [-0.05, 0) is 50.1 Å². The molecule has 4 unspecified atom stereocenters. The van der Waals surface area contributed by atoms with Crippen molar-refractivity contribution in [3.8, 4) is 0 Å². The van der Waals surface area contributed by atoms with Crippen molar-refractivity contribution < 1.29 is 0 Å². The maximum atomic E-state index is 3.63. The first-order valence-corrected chi connectivity index (χ1v) is 7.87. The van der Waals surface area contributed by atoms with E-state index < -0.39 is 0 Å². The largest absolute Gasteiger partial charge is 0.315 e. The van der Waals surface area contributed by atoms with Crippen LogP contribution in [0.25, 0.3) is 0 Å². The van der Waals surface area contributed by atoms with E-state index in [2.05, 4.69) is 45.0 Å². The van der Waals surface area contributed by atoms with Crippen LogP contribution in [0.15, 0.2) is 0 Å². The molecule has 1 aliphatic heterocycles. The Morgan fingerprint density at radius 2 is 1.83 bits per heavy atom. The zero-order valence-electron chi connectivity index (χ0n) is 13.0. The van der Waals surface area contributed by atoms with Crippen LogP contribution >= 0.6 is 0 Å². The van der Waals surface area contributed by atoms with Crippen molar-refractivity contribution in [1.82, 2.24) is 10.2 Å². The van der Waals surface area contributed by atoms with E-state index >= 15 is 0 Å². The van der Waals surface area contributed by atoms with Crippen molar-refractivity contribution in [3.05, 3.63) is 0 Å². The average molecular weight is 252 g/mol. The van der Waals surface area contributed by atoms with Gasteiger partial charge >= 0.3 is 0 Å². The molecule has 0 bridgehead atoms. The van der Waals surface area contributed by atoms with E-state index in [1.165, 1.54) is 38.8 Å². The SMILES string of the molecule is CNC1C(N2CCC(C)C(C)C2)CCCC1(C)C. The molecule has 0 spiro atoms. The predicted octanol–water partition coefficient (Wildman–Crippen LogP) is 3.13. The van der Waals surface area contributed by atoms with Crippen molar-refractivity contribution in [2.24, 2.45) is 17.3 Å². The molecule has 0 aromatic rings. The lowest BCUT2D eigenvalue weighted by Crippen LogP contribution is -2.60. The van der Waals surface area contributed by atoms with Gasteiger partial charge in [-0.1, -0.05) is 34.1 Å². The van der Waals surface area contributed by atoms with E-state index in [0.717, 1.165) is 17.9 Å². The summed E-state index contributed by atoms with van der Waals surface area (Å²) in [5, 5.41) is 3.63. The summed E-state index contributed by atoms with van der Waals surface area (Å²) in [6, 6.07) is 1.42. The standard InChI is InChI=1S/C16H32N2/c1-12-8-10-18(11-13(12)2)14-7-6-9-16(3,4)15(14)17-5/h12-15,17H,6-11H2,1-5H3. The molecule has 0 aromatic carbocycles. The monoisotopic (exact) mass is 252 g/mol. The van der Waals surface area contributed by atoms with Crippen LogP contribution in [0, 0.1) is 17.3 Å². The molecule has 2 aliphatic rings. The Bertz CT molecular complexity index is 274. The summed E-state index contributed by atoms with van der Waals surface area (Å²) in [7, 11) is 2.15. The van der Waals surface area contributed by atoms with E-state index in [9.17, 15) is 0 Å². The number of likely N-dealkylation sites (tertiary alicyclic amines) is 1. The zero-order chi connectivity index (χ0) is 13.3. The minimum absolute atomic E-state index is 0.448. The Labute approximate surface area is 114 Å². The Morgan fingerprint density at radius 1 is 1.11 bits per heavy atom. The molecule has 2 nitrogen and oxygen atoms in total. The first-order valence-electron chi connectivity index (χ1n) is 7.87. The fourth-order valence-corrected chi connectivity index (χ4v) is 4.18. The van der Waals surface area contributed by atoms with Gasteiger partial charge < -0.3 is 5.32 Å². The van der Waals surface area contributed by atoms with Gasteiger partial charge in [-0.2, -0.15) is 0 Å². The van der Waals surface area contributed by atoms with Gasteiger partial charge in [0, 0.05) is 18.6 Å². The molecule has 1 N–H and O–H groups in total. The van der Waals surface area contributed by atoms with Crippen LogP contribution in [0.1, 0.15) is 53.4 Å². The highest BCUT2D eigenvalue weighted by molar-refractivity contribution is 4.98. The molecule has 0 radical (unpaired) electrons.